The van der Waals surface area contributed by atoms with Gasteiger partial charge >= 0.3 is 5.97 Å². The first kappa shape index (κ1) is 16.7. The third kappa shape index (κ3) is 3.66. The fourth-order valence-electron chi connectivity index (χ4n) is 2.45. The summed E-state index contributed by atoms with van der Waals surface area (Å²) in [4.78, 5) is 37.7. The Labute approximate surface area is 147 Å². The molecule has 1 aliphatic heterocycles. The fraction of sp³-hybridized carbons (Fsp3) is 0.235. The zero-order valence-corrected chi connectivity index (χ0v) is 14.2. The van der Waals surface area contributed by atoms with Crippen molar-refractivity contribution in [3.63, 3.8) is 0 Å². The van der Waals surface area contributed by atoms with E-state index in [2.05, 4.69) is 0 Å². The summed E-state index contributed by atoms with van der Waals surface area (Å²) in [6.07, 6.45) is 1.40. The monoisotopic (exact) mass is 363 g/mol. The number of Topliss-reactive ketones (excluding diaryl/α,β-unsaturated/α-hetero) is 1. The van der Waals surface area contributed by atoms with Crippen molar-refractivity contribution in [2.45, 2.75) is 12.8 Å². The minimum Gasteiger partial charge on any atom is -0.454 e. The second-order valence-corrected chi connectivity index (χ2v) is 7.01. The maximum absolute atomic E-state index is 12.0. The van der Waals surface area contributed by atoms with E-state index in [1.165, 1.54) is 0 Å². The number of benzene rings is 1. The van der Waals surface area contributed by atoms with E-state index in [1.54, 1.807) is 41.3 Å². The van der Waals surface area contributed by atoms with E-state index in [-0.39, 0.29) is 18.3 Å². The Bertz CT molecular complexity index is 784. The molecule has 3 rings (SSSR count). The van der Waals surface area contributed by atoms with Gasteiger partial charge < -0.3 is 9.64 Å². The minimum atomic E-state index is -0.578. The van der Waals surface area contributed by atoms with Gasteiger partial charge in [0.05, 0.1) is 14.8 Å². The molecule has 0 unspecified atom stereocenters. The molecule has 1 aromatic heterocycles. The van der Waals surface area contributed by atoms with E-state index in [0.29, 0.717) is 27.7 Å². The number of carbonyl (C=O) groups is 3. The number of ketones is 1. The van der Waals surface area contributed by atoms with E-state index < -0.39 is 5.97 Å². The number of halogens is 1. The number of esters is 1. The van der Waals surface area contributed by atoms with Gasteiger partial charge in [0.25, 0.3) is 0 Å². The highest BCUT2D eigenvalue weighted by molar-refractivity contribution is 7.18. The van der Waals surface area contributed by atoms with Crippen molar-refractivity contribution in [2.75, 3.05) is 18.1 Å². The lowest BCUT2D eigenvalue weighted by atomic mass is 10.2. The second-order valence-electron chi connectivity index (χ2n) is 5.30. The van der Waals surface area contributed by atoms with Crippen LogP contribution in [-0.2, 0) is 9.53 Å². The average Bonchev–Trinajstić information content (AvgIpc) is 3.21. The van der Waals surface area contributed by atoms with Crippen molar-refractivity contribution < 1.29 is 19.1 Å². The Hall–Kier alpha value is -2.18. The van der Waals surface area contributed by atoms with Crippen LogP contribution < -0.4 is 4.90 Å². The summed E-state index contributed by atoms with van der Waals surface area (Å²) in [5.41, 5.74) is 1.10. The van der Waals surface area contributed by atoms with Crippen LogP contribution in [0.3, 0.4) is 0 Å². The van der Waals surface area contributed by atoms with E-state index in [9.17, 15) is 14.4 Å². The van der Waals surface area contributed by atoms with Crippen LogP contribution in [0.2, 0.25) is 4.34 Å². The van der Waals surface area contributed by atoms with Gasteiger partial charge in [0.15, 0.2) is 6.61 Å². The highest BCUT2D eigenvalue weighted by Gasteiger charge is 2.22. The van der Waals surface area contributed by atoms with Crippen LogP contribution in [0, 0.1) is 0 Å². The Morgan fingerprint density at radius 2 is 1.92 bits per heavy atom. The summed E-state index contributed by atoms with van der Waals surface area (Å²) < 4.78 is 5.55. The normalized spacial score (nSPS) is 14.0. The fourth-order valence-corrected chi connectivity index (χ4v) is 3.42. The van der Waals surface area contributed by atoms with E-state index >= 15 is 0 Å². The second kappa shape index (κ2) is 7.15. The summed E-state index contributed by atoms with van der Waals surface area (Å²) in [5, 5.41) is 0. The molecule has 1 aromatic carbocycles. The predicted octanol–water partition coefficient (Wildman–Crippen LogP) is 3.57. The number of ether oxygens (including phenoxy) is 1. The zero-order chi connectivity index (χ0) is 17.1. The van der Waals surface area contributed by atoms with E-state index in [4.69, 9.17) is 16.3 Å². The molecule has 0 N–H and O–H groups in total. The van der Waals surface area contributed by atoms with Gasteiger partial charge in [0.1, 0.15) is 0 Å². The smallest absolute Gasteiger partial charge is 0.338 e. The van der Waals surface area contributed by atoms with Crippen LogP contribution in [0.15, 0.2) is 36.4 Å². The van der Waals surface area contributed by atoms with Gasteiger partial charge in [-0.05, 0) is 42.8 Å². The molecular weight excluding hydrogens is 350 g/mol. The number of anilines is 1. The number of hydrogen-bond acceptors (Lipinski definition) is 5. The van der Waals surface area contributed by atoms with Gasteiger partial charge in [-0.25, -0.2) is 4.79 Å². The van der Waals surface area contributed by atoms with E-state index in [0.717, 1.165) is 23.4 Å². The summed E-state index contributed by atoms with van der Waals surface area (Å²) in [6, 6.07) is 9.83. The van der Waals surface area contributed by atoms with Gasteiger partial charge in [-0.15, -0.1) is 11.3 Å². The number of rotatable bonds is 5. The number of carbonyl (C=O) groups excluding carboxylic acids is 3. The molecule has 2 heterocycles. The minimum absolute atomic E-state index is 0.0885. The SMILES string of the molecule is O=C(OCC(=O)c1ccc(Cl)s1)c1ccc(N2CCCC2=O)cc1. The lowest BCUT2D eigenvalue weighted by Crippen LogP contribution is -2.23. The molecule has 2 aromatic rings. The molecule has 0 aliphatic carbocycles. The van der Waals surface area contributed by atoms with Gasteiger partial charge in [-0.3, -0.25) is 9.59 Å². The highest BCUT2D eigenvalue weighted by Crippen LogP contribution is 2.23. The van der Waals surface area contributed by atoms with Crippen LogP contribution in [0.5, 0.6) is 0 Å². The third-order valence-electron chi connectivity index (χ3n) is 3.67. The number of nitrogens with zero attached hydrogens (tertiary/aromatic N) is 1. The van der Waals surface area contributed by atoms with Gasteiger partial charge in [-0.2, -0.15) is 0 Å². The number of thiophene rings is 1. The maximum atomic E-state index is 12.0. The number of amides is 1. The van der Waals surface area contributed by atoms with E-state index in [1.807, 2.05) is 0 Å². The largest absolute Gasteiger partial charge is 0.454 e. The molecular formula is C17H14ClNO4S. The molecule has 0 atom stereocenters. The summed E-state index contributed by atoms with van der Waals surface area (Å²) in [5.74, 6) is -0.782. The molecule has 0 spiro atoms. The Morgan fingerprint density at radius 1 is 1.17 bits per heavy atom. The standard InChI is InChI=1S/C17H14ClNO4S/c18-15-8-7-14(24-15)13(20)10-23-17(22)11-3-5-12(6-4-11)19-9-1-2-16(19)21/h3-8H,1-2,9-10H2. The Morgan fingerprint density at radius 3 is 2.50 bits per heavy atom. The van der Waals surface area contributed by atoms with Crippen LogP contribution >= 0.6 is 22.9 Å². The lowest BCUT2D eigenvalue weighted by Gasteiger charge is -2.15. The predicted molar refractivity (Wildman–Crippen MR) is 92.0 cm³/mol. The quantitative estimate of drug-likeness (QED) is 0.601. The maximum Gasteiger partial charge on any atom is 0.338 e. The molecule has 1 fully saturated rings. The van der Waals surface area contributed by atoms with Crippen molar-refractivity contribution in [1.29, 1.82) is 0 Å². The molecule has 7 heteroatoms. The van der Waals surface area contributed by atoms with Crippen molar-refractivity contribution in [2.24, 2.45) is 0 Å². The van der Waals surface area contributed by atoms with Crippen LogP contribution in [0.1, 0.15) is 32.9 Å². The highest BCUT2D eigenvalue weighted by atomic mass is 35.5. The van der Waals surface area contributed by atoms with Gasteiger partial charge in [-0.1, -0.05) is 11.6 Å². The van der Waals surface area contributed by atoms with Crippen molar-refractivity contribution in [3.05, 3.63) is 51.2 Å². The Balaban J connectivity index is 1.59. The van der Waals surface area contributed by atoms with Crippen molar-refractivity contribution in [1.82, 2.24) is 0 Å². The van der Waals surface area contributed by atoms with Crippen molar-refractivity contribution in [3.8, 4) is 0 Å². The average molecular weight is 364 g/mol. The van der Waals surface area contributed by atoms with Crippen molar-refractivity contribution >= 4 is 46.3 Å². The molecule has 1 amide bonds. The lowest BCUT2D eigenvalue weighted by molar-refractivity contribution is -0.117. The third-order valence-corrected chi connectivity index (χ3v) is 4.94. The summed E-state index contributed by atoms with van der Waals surface area (Å²) in [6.45, 7) is 0.364. The van der Waals surface area contributed by atoms with Crippen LogP contribution in [-0.4, -0.2) is 30.8 Å². The summed E-state index contributed by atoms with van der Waals surface area (Å²) >= 11 is 6.92. The molecule has 1 saturated heterocycles. The van der Waals surface area contributed by atoms with Crippen LogP contribution in [0.4, 0.5) is 5.69 Å². The topological polar surface area (TPSA) is 63.7 Å². The molecule has 0 bridgehead atoms. The molecule has 1 aliphatic rings. The molecule has 124 valence electrons. The van der Waals surface area contributed by atoms with Gasteiger partial charge in [0, 0.05) is 18.7 Å². The van der Waals surface area contributed by atoms with Crippen LogP contribution in [0.25, 0.3) is 0 Å². The molecule has 24 heavy (non-hydrogen) atoms. The first-order chi connectivity index (χ1) is 11.5. The molecule has 0 radical (unpaired) electrons. The molecule has 5 nitrogen and oxygen atoms in total. The first-order valence-electron chi connectivity index (χ1n) is 7.41. The molecule has 0 saturated carbocycles. The summed E-state index contributed by atoms with van der Waals surface area (Å²) in [7, 11) is 0. The first-order valence-corrected chi connectivity index (χ1v) is 8.60. The zero-order valence-electron chi connectivity index (χ0n) is 12.7. The van der Waals surface area contributed by atoms with Gasteiger partial charge in [0.2, 0.25) is 11.7 Å². The Kier molecular flexibility index (Phi) is 4.97. The number of hydrogen-bond donors (Lipinski definition) is 0.